The van der Waals surface area contributed by atoms with Crippen molar-refractivity contribution in [1.29, 1.82) is 0 Å². The van der Waals surface area contributed by atoms with E-state index in [1.807, 2.05) is 27.7 Å². The number of hydrogen-bond acceptors (Lipinski definition) is 2. The zero-order valence-electron chi connectivity index (χ0n) is 9.14. The summed E-state index contributed by atoms with van der Waals surface area (Å²) >= 11 is 0. The monoisotopic (exact) mass is 184 g/mol. The van der Waals surface area contributed by atoms with E-state index in [1.165, 1.54) is 0 Å². The van der Waals surface area contributed by atoms with Crippen molar-refractivity contribution in [1.82, 2.24) is 0 Å². The highest BCUT2D eigenvalue weighted by atomic mass is 16.7. The fourth-order valence-electron chi connectivity index (χ4n) is 1.10. The average Bonchev–Trinajstić information content (AvgIpc) is 2.15. The molecule has 0 aromatic rings. The lowest BCUT2D eigenvalue weighted by Crippen LogP contribution is -2.33. The van der Waals surface area contributed by atoms with E-state index in [-0.39, 0.29) is 0 Å². The van der Waals surface area contributed by atoms with Crippen LogP contribution in [0, 0.1) is 11.8 Å². The Kier molecular flexibility index (Phi) is 6.66. The van der Waals surface area contributed by atoms with E-state index in [4.69, 9.17) is 9.47 Å². The van der Waals surface area contributed by atoms with Gasteiger partial charge >= 0.3 is 0 Å². The quantitative estimate of drug-likeness (QED) is 0.483. The first-order chi connectivity index (χ1) is 6.24. The molecule has 0 saturated carbocycles. The molecule has 0 aliphatic carbocycles. The lowest BCUT2D eigenvalue weighted by Gasteiger charge is -2.26. The topological polar surface area (TPSA) is 18.5 Å². The van der Waals surface area contributed by atoms with Crippen molar-refractivity contribution in [3.8, 4) is 11.8 Å². The van der Waals surface area contributed by atoms with Crippen LogP contribution in [-0.2, 0) is 9.47 Å². The maximum absolute atomic E-state index is 5.53. The SMILES string of the molecule is CCC#CC(CC)(OCC)OCC. The van der Waals surface area contributed by atoms with Gasteiger partial charge in [0.1, 0.15) is 0 Å². The zero-order valence-corrected chi connectivity index (χ0v) is 9.14. The molecule has 0 heterocycles. The van der Waals surface area contributed by atoms with Gasteiger partial charge in [0.25, 0.3) is 0 Å². The molecular weight excluding hydrogens is 164 g/mol. The lowest BCUT2D eigenvalue weighted by atomic mass is 10.2. The van der Waals surface area contributed by atoms with Crippen LogP contribution in [0.25, 0.3) is 0 Å². The molecule has 0 N–H and O–H groups in total. The molecular formula is C11H20O2. The van der Waals surface area contributed by atoms with Crippen LogP contribution >= 0.6 is 0 Å². The summed E-state index contributed by atoms with van der Waals surface area (Å²) in [5.74, 6) is 5.38. The van der Waals surface area contributed by atoms with Crippen molar-refractivity contribution in [2.24, 2.45) is 0 Å². The minimum Gasteiger partial charge on any atom is -0.340 e. The van der Waals surface area contributed by atoms with Gasteiger partial charge < -0.3 is 9.47 Å². The van der Waals surface area contributed by atoms with Crippen LogP contribution in [0.1, 0.15) is 40.5 Å². The van der Waals surface area contributed by atoms with Crippen molar-refractivity contribution >= 4 is 0 Å². The molecule has 0 spiro atoms. The summed E-state index contributed by atoms with van der Waals surface area (Å²) < 4.78 is 11.1. The first kappa shape index (κ1) is 12.5. The normalized spacial score (nSPS) is 10.8. The highest BCUT2D eigenvalue weighted by Crippen LogP contribution is 2.16. The van der Waals surface area contributed by atoms with Crippen LogP contribution in [0.3, 0.4) is 0 Å². The standard InChI is InChI=1S/C11H20O2/c1-5-9-10-11(6-2,12-7-3)13-8-4/h5-8H2,1-4H3. The Labute approximate surface area is 81.6 Å². The molecule has 76 valence electrons. The van der Waals surface area contributed by atoms with E-state index in [2.05, 4.69) is 11.8 Å². The molecule has 0 saturated heterocycles. The van der Waals surface area contributed by atoms with Gasteiger partial charge in [0.05, 0.1) is 0 Å². The summed E-state index contributed by atoms with van der Waals surface area (Å²) in [7, 11) is 0. The Morgan fingerprint density at radius 2 is 1.54 bits per heavy atom. The van der Waals surface area contributed by atoms with Crippen LogP contribution in [0.4, 0.5) is 0 Å². The molecule has 0 rings (SSSR count). The Hall–Kier alpha value is -0.520. The Balaban J connectivity index is 4.43. The highest BCUT2D eigenvalue weighted by Gasteiger charge is 2.26. The van der Waals surface area contributed by atoms with Crippen molar-refractivity contribution in [2.45, 2.75) is 46.3 Å². The predicted molar refractivity (Wildman–Crippen MR) is 54.3 cm³/mol. The molecule has 0 amide bonds. The van der Waals surface area contributed by atoms with Gasteiger partial charge in [0.2, 0.25) is 5.79 Å². The van der Waals surface area contributed by atoms with Gasteiger partial charge in [-0.1, -0.05) is 19.8 Å². The predicted octanol–water partition coefficient (Wildman–Crippen LogP) is 2.58. The zero-order chi connectivity index (χ0) is 10.2. The van der Waals surface area contributed by atoms with Crippen molar-refractivity contribution in [3.05, 3.63) is 0 Å². The lowest BCUT2D eigenvalue weighted by molar-refractivity contribution is -0.193. The van der Waals surface area contributed by atoms with Crippen LogP contribution in [-0.4, -0.2) is 19.0 Å². The first-order valence-corrected chi connectivity index (χ1v) is 5.02. The molecule has 0 bridgehead atoms. The first-order valence-electron chi connectivity index (χ1n) is 5.02. The molecule has 2 nitrogen and oxygen atoms in total. The van der Waals surface area contributed by atoms with Crippen LogP contribution in [0.2, 0.25) is 0 Å². The second-order valence-corrected chi connectivity index (χ2v) is 2.63. The van der Waals surface area contributed by atoms with E-state index < -0.39 is 5.79 Å². The number of hydrogen-bond donors (Lipinski definition) is 0. The van der Waals surface area contributed by atoms with E-state index >= 15 is 0 Å². The van der Waals surface area contributed by atoms with Crippen molar-refractivity contribution in [2.75, 3.05) is 13.2 Å². The smallest absolute Gasteiger partial charge is 0.233 e. The number of rotatable bonds is 5. The fraction of sp³-hybridized carbons (Fsp3) is 0.818. The summed E-state index contributed by atoms with van der Waals surface area (Å²) in [5.41, 5.74) is 0. The van der Waals surface area contributed by atoms with Crippen LogP contribution in [0.5, 0.6) is 0 Å². The maximum atomic E-state index is 5.53. The summed E-state index contributed by atoms with van der Waals surface area (Å²) in [6, 6.07) is 0. The van der Waals surface area contributed by atoms with Gasteiger partial charge in [-0.25, -0.2) is 0 Å². The Morgan fingerprint density at radius 3 is 1.85 bits per heavy atom. The maximum Gasteiger partial charge on any atom is 0.233 e. The Morgan fingerprint density at radius 1 is 1.00 bits per heavy atom. The largest absolute Gasteiger partial charge is 0.340 e. The van der Waals surface area contributed by atoms with Crippen molar-refractivity contribution < 1.29 is 9.47 Å². The summed E-state index contributed by atoms with van der Waals surface area (Å²) in [4.78, 5) is 0. The molecule has 0 aromatic carbocycles. The van der Waals surface area contributed by atoms with Gasteiger partial charge in [0, 0.05) is 26.1 Å². The summed E-state index contributed by atoms with van der Waals surface area (Å²) in [5, 5.41) is 0. The molecule has 0 aliphatic rings. The summed E-state index contributed by atoms with van der Waals surface area (Å²) in [6.07, 6.45) is 1.60. The molecule has 13 heavy (non-hydrogen) atoms. The molecule has 0 radical (unpaired) electrons. The average molecular weight is 184 g/mol. The van der Waals surface area contributed by atoms with E-state index in [9.17, 15) is 0 Å². The van der Waals surface area contributed by atoms with Gasteiger partial charge in [-0.3, -0.25) is 0 Å². The second-order valence-electron chi connectivity index (χ2n) is 2.63. The van der Waals surface area contributed by atoms with Crippen LogP contribution < -0.4 is 0 Å². The second kappa shape index (κ2) is 6.94. The van der Waals surface area contributed by atoms with E-state index in [0.29, 0.717) is 13.2 Å². The third-order valence-electron chi connectivity index (χ3n) is 1.68. The molecule has 2 heteroatoms. The summed E-state index contributed by atoms with van der Waals surface area (Å²) in [6.45, 7) is 9.22. The minimum atomic E-state index is -0.667. The molecule has 0 fully saturated rings. The molecule has 0 atom stereocenters. The van der Waals surface area contributed by atoms with Gasteiger partial charge in [-0.05, 0) is 19.8 Å². The van der Waals surface area contributed by atoms with Crippen LogP contribution in [0.15, 0.2) is 0 Å². The van der Waals surface area contributed by atoms with E-state index in [0.717, 1.165) is 12.8 Å². The highest BCUT2D eigenvalue weighted by molar-refractivity contribution is 5.09. The third kappa shape index (κ3) is 4.31. The van der Waals surface area contributed by atoms with Crippen molar-refractivity contribution in [3.63, 3.8) is 0 Å². The minimum absolute atomic E-state index is 0.631. The van der Waals surface area contributed by atoms with Gasteiger partial charge in [-0.15, -0.1) is 0 Å². The van der Waals surface area contributed by atoms with Gasteiger partial charge in [0.15, 0.2) is 0 Å². The third-order valence-corrected chi connectivity index (χ3v) is 1.68. The molecule has 0 unspecified atom stereocenters. The van der Waals surface area contributed by atoms with E-state index in [1.54, 1.807) is 0 Å². The number of ether oxygens (including phenoxy) is 2. The molecule has 0 aliphatic heterocycles. The van der Waals surface area contributed by atoms with Gasteiger partial charge in [-0.2, -0.15) is 0 Å². The Bertz CT molecular complexity index is 170. The molecule has 0 aromatic heterocycles. The fourth-order valence-corrected chi connectivity index (χ4v) is 1.10.